The number of likely N-dealkylation sites (N-methyl/N-ethyl adjacent to an activating group) is 1. The topological polar surface area (TPSA) is 154 Å². The minimum absolute atomic E-state index is 0.0125. The first-order valence-electron chi connectivity index (χ1n) is 12.6. The van der Waals surface area contributed by atoms with E-state index in [0.717, 1.165) is 0 Å². The Morgan fingerprint density at radius 1 is 0.949 bits per heavy atom. The Bertz CT molecular complexity index is 1130. The lowest BCUT2D eigenvalue weighted by Crippen LogP contribution is -2.52. The Kier molecular flexibility index (Phi) is 11.1. The Hall–Kier alpha value is -4.28. The van der Waals surface area contributed by atoms with E-state index in [9.17, 15) is 29.4 Å². The van der Waals surface area contributed by atoms with Crippen LogP contribution in [0, 0.1) is 0 Å². The number of alkyl carbamates (subject to hydrolysis) is 1. The summed E-state index contributed by atoms with van der Waals surface area (Å²) < 4.78 is 10.2. The third kappa shape index (κ3) is 10.2. The van der Waals surface area contributed by atoms with Crippen molar-refractivity contribution in [3.8, 4) is 11.5 Å². The molecule has 0 spiro atoms. The number of nitrogens with one attached hydrogen (secondary N) is 2. The summed E-state index contributed by atoms with van der Waals surface area (Å²) in [6.45, 7) is 6.96. The average Bonchev–Trinajstić information content (AvgIpc) is 2.84. The van der Waals surface area contributed by atoms with E-state index < -0.39 is 41.6 Å². The van der Waals surface area contributed by atoms with Crippen LogP contribution in [0.5, 0.6) is 11.5 Å². The van der Waals surface area contributed by atoms with Crippen LogP contribution in [-0.2, 0) is 30.3 Å². The van der Waals surface area contributed by atoms with Crippen LogP contribution in [0.15, 0.2) is 48.5 Å². The van der Waals surface area contributed by atoms with Gasteiger partial charge < -0.3 is 35.2 Å². The molecular formula is C28H37N3O8. The number of aromatic hydroxyl groups is 2. The number of amides is 3. The van der Waals surface area contributed by atoms with Gasteiger partial charge in [0.2, 0.25) is 11.8 Å². The molecule has 212 valence electrons. The number of ether oxygens (including phenoxy) is 2. The maximum atomic E-state index is 13.8. The highest BCUT2D eigenvalue weighted by molar-refractivity contribution is 5.92. The van der Waals surface area contributed by atoms with Gasteiger partial charge in [-0.05, 0) is 63.1 Å². The SMILES string of the molecule is CCOC(=O)CCNC(=O)C(c1ccc(O)cc1)N(C)C(=O)C(Cc1ccc(O)cc1)NC(=O)OC(C)(C)C. The molecule has 11 nitrogen and oxygen atoms in total. The summed E-state index contributed by atoms with van der Waals surface area (Å²) in [5.74, 6) is -1.61. The number of carbonyl (C=O) groups excluding carboxylic acids is 4. The minimum atomic E-state index is -1.15. The van der Waals surface area contributed by atoms with Gasteiger partial charge in [0.25, 0.3) is 0 Å². The number of esters is 1. The van der Waals surface area contributed by atoms with E-state index >= 15 is 0 Å². The van der Waals surface area contributed by atoms with Gasteiger partial charge in [0.15, 0.2) is 0 Å². The van der Waals surface area contributed by atoms with E-state index in [4.69, 9.17) is 9.47 Å². The fourth-order valence-corrected chi connectivity index (χ4v) is 3.72. The third-order valence-corrected chi connectivity index (χ3v) is 5.49. The fourth-order valence-electron chi connectivity index (χ4n) is 3.72. The Balaban J connectivity index is 2.34. The lowest BCUT2D eigenvalue weighted by Gasteiger charge is -2.31. The van der Waals surface area contributed by atoms with Crippen LogP contribution in [0.25, 0.3) is 0 Å². The molecule has 2 rings (SSSR count). The highest BCUT2D eigenvalue weighted by atomic mass is 16.6. The molecule has 0 aliphatic carbocycles. The fraction of sp³-hybridized carbons (Fsp3) is 0.429. The first-order valence-corrected chi connectivity index (χ1v) is 12.6. The van der Waals surface area contributed by atoms with Gasteiger partial charge in [0, 0.05) is 20.0 Å². The third-order valence-electron chi connectivity index (χ3n) is 5.49. The molecule has 0 aromatic heterocycles. The second kappa shape index (κ2) is 14.0. The number of phenols is 2. The molecule has 2 aromatic carbocycles. The van der Waals surface area contributed by atoms with Crippen molar-refractivity contribution in [3.63, 3.8) is 0 Å². The van der Waals surface area contributed by atoms with Gasteiger partial charge in [-0.3, -0.25) is 14.4 Å². The van der Waals surface area contributed by atoms with Crippen molar-refractivity contribution in [3.05, 3.63) is 59.7 Å². The molecule has 2 aromatic rings. The molecule has 0 aliphatic heterocycles. The number of hydrogen-bond acceptors (Lipinski definition) is 8. The average molecular weight is 544 g/mol. The van der Waals surface area contributed by atoms with Crippen molar-refractivity contribution >= 4 is 23.9 Å². The van der Waals surface area contributed by atoms with Crippen molar-refractivity contribution in [1.82, 2.24) is 15.5 Å². The molecule has 4 N–H and O–H groups in total. The maximum absolute atomic E-state index is 13.8. The molecule has 0 fully saturated rings. The number of benzene rings is 2. The van der Waals surface area contributed by atoms with Crippen molar-refractivity contribution in [2.24, 2.45) is 0 Å². The first kappa shape index (κ1) is 30.9. The summed E-state index contributed by atoms with van der Waals surface area (Å²) in [6, 6.07) is 9.67. The molecule has 2 unspecified atom stereocenters. The quantitative estimate of drug-likeness (QED) is 0.316. The van der Waals surface area contributed by atoms with Gasteiger partial charge in [0.1, 0.15) is 29.2 Å². The van der Waals surface area contributed by atoms with E-state index in [1.807, 2.05) is 0 Å². The molecule has 0 radical (unpaired) electrons. The highest BCUT2D eigenvalue weighted by Gasteiger charge is 2.34. The molecule has 39 heavy (non-hydrogen) atoms. The molecule has 0 aliphatic rings. The van der Waals surface area contributed by atoms with Crippen molar-refractivity contribution in [2.45, 2.75) is 58.2 Å². The second-order valence-corrected chi connectivity index (χ2v) is 9.86. The molecule has 3 amide bonds. The normalized spacial score (nSPS) is 12.5. The zero-order valence-corrected chi connectivity index (χ0v) is 22.9. The van der Waals surface area contributed by atoms with Gasteiger partial charge in [-0.15, -0.1) is 0 Å². The van der Waals surface area contributed by atoms with Crippen LogP contribution in [-0.4, -0.2) is 70.8 Å². The van der Waals surface area contributed by atoms with E-state index in [1.165, 1.54) is 48.3 Å². The summed E-state index contributed by atoms with van der Waals surface area (Å²) in [5.41, 5.74) is 0.240. The summed E-state index contributed by atoms with van der Waals surface area (Å²) in [7, 11) is 1.42. The lowest BCUT2D eigenvalue weighted by molar-refractivity contribution is -0.143. The lowest BCUT2D eigenvalue weighted by atomic mass is 10.0. The largest absolute Gasteiger partial charge is 0.508 e. The van der Waals surface area contributed by atoms with Gasteiger partial charge >= 0.3 is 12.1 Å². The second-order valence-electron chi connectivity index (χ2n) is 9.86. The van der Waals surface area contributed by atoms with Crippen LogP contribution in [0.2, 0.25) is 0 Å². The predicted molar refractivity (Wildman–Crippen MR) is 143 cm³/mol. The molecular weight excluding hydrogens is 506 g/mol. The van der Waals surface area contributed by atoms with Crippen LogP contribution < -0.4 is 10.6 Å². The van der Waals surface area contributed by atoms with Gasteiger partial charge in [-0.1, -0.05) is 24.3 Å². The summed E-state index contributed by atoms with van der Waals surface area (Å²) in [5, 5.41) is 24.6. The van der Waals surface area contributed by atoms with E-state index in [2.05, 4.69) is 10.6 Å². The molecule has 11 heteroatoms. The Morgan fingerprint density at radius 3 is 2.05 bits per heavy atom. The van der Waals surface area contributed by atoms with E-state index in [0.29, 0.717) is 11.1 Å². The van der Waals surface area contributed by atoms with E-state index in [-0.39, 0.29) is 37.5 Å². The number of carbonyl (C=O) groups is 4. The first-order chi connectivity index (χ1) is 18.3. The molecule has 0 bridgehead atoms. The van der Waals surface area contributed by atoms with Crippen LogP contribution in [0.1, 0.15) is 51.3 Å². The predicted octanol–water partition coefficient (Wildman–Crippen LogP) is 2.80. The Morgan fingerprint density at radius 2 is 1.51 bits per heavy atom. The van der Waals surface area contributed by atoms with Gasteiger partial charge in [0.05, 0.1) is 13.0 Å². The summed E-state index contributed by atoms with van der Waals surface area (Å²) in [6.07, 6.45) is -0.813. The van der Waals surface area contributed by atoms with Crippen LogP contribution in [0.4, 0.5) is 4.79 Å². The molecule has 2 atom stereocenters. The zero-order valence-electron chi connectivity index (χ0n) is 22.9. The van der Waals surface area contributed by atoms with Crippen molar-refractivity contribution in [2.75, 3.05) is 20.2 Å². The number of hydrogen-bond donors (Lipinski definition) is 4. The molecule has 0 saturated carbocycles. The smallest absolute Gasteiger partial charge is 0.408 e. The number of rotatable bonds is 11. The van der Waals surface area contributed by atoms with Crippen LogP contribution >= 0.6 is 0 Å². The van der Waals surface area contributed by atoms with Crippen LogP contribution in [0.3, 0.4) is 0 Å². The van der Waals surface area contributed by atoms with E-state index in [1.54, 1.807) is 39.8 Å². The monoisotopic (exact) mass is 543 g/mol. The standard InChI is InChI=1S/C28H37N3O8/c1-6-38-23(34)15-16-29-25(35)24(19-9-13-21(33)14-10-19)31(5)26(36)22(30-27(37)39-28(2,3)4)17-18-7-11-20(32)12-8-18/h7-14,22,24,32-33H,6,15-17H2,1-5H3,(H,29,35)(H,30,37). The van der Waals surface area contributed by atoms with Crippen molar-refractivity contribution in [1.29, 1.82) is 0 Å². The van der Waals surface area contributed by atoms with Gasteiger partial charge in [-0.25, -0.2) is 4.79 Å². The summed E-state index contributed by atoms with van der Waals surface area (Å²) in [4.78, 5) is 52.6. The van der Waals surface area contributed by atoms with Gasteiger partial charge in [-0.2, -0.15) is 0 Å². The Labute approximate surface area is 228 Å². The summed E-state index contributed by atoms with van der Waals surface area (Å²) >= 11 is 0. The highest BCUT2D eigenvalue weighted by Crippen LogP contribution is 2.24. The maximum Gasteiger partial charge on any atom is 0.408 e. The minimum Gasteiger partial charge on any atom is -0.508 e. The number of phenolic OH excluding ortho intramolecular Hbond substituents is 2. The number of nitrogens with zero attached hydrogens (tertiary/aromatic N) is 1. The molecule has 0 saturated heterocycles. The van der Waals surface area contributed by atoms with Crippen molar-refractivity contribution < 1.29 is 38.9 Å². The molecule has 0 heterocycles. The zero-order chi connectivity index (χ0) is 29.2.